The fourth-order valence-corrected chi connectivity index (χ4v) is 3.26. The van der Waals surface area contributed by atoms with E-state index in [1.807, 2.05) is 44.2 Å². The van der Waals surface area contributed by atoms with Crippen LogP contribution in [0, 0.1) is 5.92 Å². The second-order valence-electron chi connectivity index (χ2n) is 7.20. The molecule has 0 bridgehead atoms. The van der Waals surface area contributed by atoms with Gasteiger partial charge in [-0.2, -0.15) is 0 Å². The summed E-state index contributed by atoms with van der Waals surface area (Å²) in [5, 5.41) is 15.6. The maximum atomic E-state index is 12.7. The van der Waals surface area contributed by atoms with Crippen molar-refractivity contribution in [2.45, 2.75) is 38.8 Å². The molecule has 0 aliphatic carbocycles. The van der Waals surface area contributed by atoms with Crippen LogP contribution in [0.25, 0.3) is 0 Å². The van der Waals surface area contributed by atoms with Crippen LogP contribution in [0.1, 0.15) is 48.7 Å². The summed E-state index contributed by atoms with van der Waals surface area (Å²) in [6.07, 6.45) is 0.749. The van der Waals surface area contributed by atoms with Crippen LogP contribution in [0.4, 0.5) is 0 Å². The van der Waals surface area contributed by atoms with Gasteiger partial charge in [-0.15, -0.1) is 0 Å². The lowest BCUT2D eigenvalue weighted by molar-refractivity contribution is -0.122. The lowest BCUT2D eigenvalue weighted by Crippen LogP contribution is -2.41. The van der Waals surface area contributed by atoms with Crippen LogP contribution < -0.4 is 10.6 Å². The van der Waals surface area contributed by atoms with Gasteiger partial charge in [0, 0.05) is 0 Å². The molecule has 2 atom stereocenters. The summed E-state index contributed by atoms with van der Waals surface area (Å²) < 4.78 is 0. The molecule has 0 heterocycles. The molecule has 2 aromatic carbocycles. The van der Waals surface area contributed by atoms with Gasteiger partial charge in [-0.25, -0.2) is 0 Å². The average Bonchev–Trinajstić information content (AvgIpc) is 2.67. The van der Waals surface area contributed by atoms with Gasteiger partial charge < -0.3 is 15.7 Å². The zero-order valence-corrected chi connectivity index (χ0v) is 16.9. The summed E-state index contributed by atoms with van der Waals surface area (Å²) in [6, 6.07) is 15.3. The van der Waals surface area contributed by atoms with Crippen molar-refractivity contribution in [2.75, 3.05) is 6.61 Å². The van der Waals surface area contributed by atoms with Gasteiger partial charge in [0.15, 0.2) is 0 Å². The molecule has 0 aliphatic heterocycles. The summed E-state index contributed by atoms with van der Waals surface area (Å²) in [5.41, 5.74) is 1.18. The van der Waals surface area contributed by atoms with E-state index in [1.54, 1.807) is 24.3 Å². The number of halogens is 1. The normalized spacial score (nSPS) is 13.0. The number of hydrogen-bond donors (Lipinski definition) is 3. The molecule has 150 valence electrons. The Morgan fingerprint density at radius 2 is 1.64 bits per heavy atom. The Labute approximate surface area is 171 Å². The monoisotopic (exact) mass is 402 g/mol. The van der Waals surface area contributed by atoms with Crippen LogP contribution in [0.5, 0.6) is 0 Å². The predicted octanol–water partition coefficient (Wildman–Crippen LogP) is 3.72. The van der Waals surface area contributed by atoms with Crippen molar-refractivity contribution in [1.82, 2.24) is 10.6 Å². The van der Waals surface area contributed by atoms with E-state index in [4.69, 9.17) is 11.6 Å². The van der Waals surface area contributed by atoms with Crippen molar-refractivity contribution >= 4 is 23.4 Å². The largest absolute Gasteiger partial charge is 0.394 e. The third-order valence-electron chi connectivity index (χ3n) is 4.36. The minimum Gasteiger partial charge on any atom is -0.394 e. The third-order valence-corrected chi connectivity index (χ3v) is 4.69. The highest BCUT2D eigenvalue weighted by Gasteiger charge is 2.22. The first kappa shape index (κ1) is 21.9. The van der Waals surface area contributed by atoms with Crippen LogP contribution >= 0.6 is 11.6 Å². The first-order valence-electron chi connectivity index (χ1n) is 9.41. The highest BCUT2D eigenvalue weighted by Crippen LogP contribution is 2.20. The van der Waals surface area contributed by atoms with Crippen molar-refractivity contribution in [1.29, 1.82) is 0 Å². The molecule has 0 spiro atoms. The van der Waals surface area contributed by atoms with E-state index in [2.05, 4.69) is 10.6 Å². The van der Waals surface area contributed by atoms with Crippen LogP contribution in [-0.4, -0.2) is 29.6 Å². The predicted molar refractivity (Wildman–Crippen MR) is 111 cm³/mol. The molecule has 0 saturated heterocycles. The summed E-state index contributed by atoms with van der Waals surface area (Å²) in [4.78, 5) is 25.3. The Morgan fingerprint density at radius 1 is 1.00 bits per heavy atom. The molecular weight excluding hydrogens is 376 g/mol. The first-order valence-corrected chi connectivity index (χ1v) is 9.79. The molecule has 0 radical (unpaired) electrons. The van der Waals surface area contributed by atoms with E-state index in [0.29, 0.717) is 22.9 Å². The molecular formula is C22H27ClN2O3. The Balaban J connectivity index is 2.13. The van der Waals surface area contributed by atoms with E-state index in [9.17, 15) is 14.7 Å². The number of aliphatic hydroxyl groups excluding tert-OH is 1. The first-order chi connectivity index (χ1) is 13.4. The number of rotatable bonds is 9. The number of carbonyl (C=O) groups excluding carboxylic acids is 2. The second-order valence-corrected chi connectivity index (χ2v) is 7.60. The molecule has 28 heavy (non-hydrogen) atoms. The van der Waals surface area contributed by atoms with Gasteiger partial charge in [0.1, 0.15) is 0 Å². The Morgan fingerprint density at radius 3 is 2.25 bits per heavy atom. The van der Waals surface area contributed by atoms with E-state index < -0.39 is 6.04 Å². The highest BCUT2D eigenvalue weighted by atomic mass is 35.5. The van der Waals surface area contributed by atoms with Crippen LogP contribution in [0.3, 0.4) is 0 Å². The van der Waals surface area contributed by atoms with E-state index in [0.717, 1.165) is 5.56 Å². The van der Waals surface area contributed by atoms with Gasteiger partial charge in [0.25, 0.3) is 5.91 Å². The van der Waals surface area contributed by atoms with Gasteiger partial charge in [0.2, 0.25) is 5.91 Å². The van der Waals surface area contributed by atoms with Crippen molar-refractivity contribution in [3.8, 4) is 0 Å². The number of aliphatic hydroxyl groups is 1. The van der Waals surface area contributed by atoms with Gasteiger partial charge in [-0.05, 0) is 30.0 Å². The van der Waals surface area contributed by atoms with Crippen molar-refractivity contribution in [2.24, 2.45) is 5.92 Å². The lowest BCUT2D eigenvalue weighted by atomic mass is 10.0. The third kappa shape index (κ3) is 6.66. The Hall–Kier alpha value is -2.37. The zero-order valence-electron chi connectivity index (χ0n) is 16.2. The van der Waals surface area contributed by atoms with Crippen molar-refractivity contribution in [3.63, 3.8) is 0 Å². The van der Waals surface area contributed by atoms with Crippen molar-refractivity contribution in [3.05, 3.63) is 70.7 Å². The summed E-state index contributed by atoms with van der Waals surface area (Å²) in [5.74, 6) is -0.219. The van der Waals surface area contributed by atoms with E-state index in [1.165, 1.54) is 0 Å². The van der Waals surface area contributed by atoms with Gasteiger partial charge >= 0.3 is 0 Å². The molecule has 6 heteroatoms. The topological polar surface area (TPSA) is 78.4 Å². The number of benzene rings is 2. The van der Waals surface area contributed by atoms with Crippen molar-refractivity contribution < 1.29 is 14.7 Å². The molecule has 2 unspecified atom stereocenters. The van der Waals surface area contributed by atoms with Gasteiger partial charge in [-0.1, -0.05) is 67.9 Å². The molecule has 0 saturated carbocycles. The zero-order chi connectivity index (χ0) is 20.5. The number of carbonyl (C=O) groups is 2. The molecule has 0 aromatic heterocycles. The summed E-state index contributed by atoms with van der Waals surface area (Å²) in [7, 11) is 0. The standard InChI is InChI=1S/C22H27ClN2O3/c1-15(2)12-17(14-26)24-21(27)13-20(16-8-4-3-5-9-16)25-22(28)18-10-6-7-11-19(18)23/h3-11,15,17,20,26H,12-14H2,1-2H3,(H,24,27)(H,25,28). The summed E-state index contributed by atoms with van der Waals surface area (Å²) >= 11 is 6.12. The average molecular weight is 403 g/mol. The maximum absolute atomic E-state index is 12.7. The molecule has 2 aromatic rings. The summed E-state index contributed by atoms with van der Waals surface area (Å²) in [6.45, 7) is 3.95. The van der Waals surface area contributed by atoms with Crippen LogP contribution in [0.2, 0.25) is 5.02 Å². The van der Waals surface area contributed by atoms with Gasteiger partial charge in [-0.3, -0.25) is 9.59 Å². The lowest BCUT2D eigenvalue weighted by Gasteiger charge is -2.22. The fraction of sp³-hybridized carbons (Fsp3) is 0.364. The van der Waals surface area contributed by atoms with Gasteiger partial charge in [0.05, 0.1) is 35.7 Å². The number of amides is 2. The highest BCUT2D eigenvalue weighted by molar-refractivity contribution is 6.33. The number of nitrogens with one attached hydrogen (secondary N) is 2. The van der Waals surface area contributed by atoms with Crippen LogP contribution in [0.15, 0.2) is 54.6 Å². The molecule has 2 amide bonds. The molecule has 0 fully saturated rings. The Kier molecular flexibility index (Phi) is 8.48. The SMILES string of the molecule is CC(C)CC(CO)NC(=O)CC(NC(=O)c1ccccc1Cl)c1ccccc1. The quantitative estimate of drug-likeness (QED) is 0.598. The fourth-order valence-electron chi connectivity index (χ4n) is 3.04. The van der Waals surface area contributed by atoms with Crippen LogP contribution in [-0.2, 0) is 4.79 Å². The number of hydrogen-bond acceptors (Lipinski definition) is 3. The molecule has 3 N–H and O–H groups in total. The molecule has 2 rings (SSSR count). The van der Waals surface area contributed by atoms with E-state index >= 15 is 0 Å². The minimum absolute atomic E-state index is 0.0643. The Bertz CT molecular complexity index is 780. The smallest absolute Gasteiger partial charge is 0.253 e. The minimum atomic E-state index is -0.511. The molecule has 0 aliphatic rings. The van der Waals surface area contributed by atoms with E-state index in [-0.39, 0.29) is 30.9 Å². The molecule has 5 nitrogen and oxygen atoms in total. The second kappa shape index (κ2) is 10.8. The maximum Gasteiger partial charge on any atom is 0.253 e.